The number of hydrogen-bond acceptors (Lipinski definition) is 3. The van der Waals surface area contributed by atoms with Crippen molar-refractivity contribution in [2.75, 3.05) is 5.32 Å². The highest BCUT2D eigenvalue weighted by molar-refractivity contribution is 6.01. The normalized spacial score (nSPS) is 16.8. The second-order valence-electron chi connectivity index (χ2n) is 6.19. The Balaban J connectivity index is 1.83. The van der Waals surface area contributed by atoms with Crippen LogP contribution in [0.15, 0.2) is 71.3 Å². The van der Waals surface area contributed by atoms with Crippen molar-refractivity contribution in [2.24, 2.45) is 0 Å². The molecule has 0 saturated carbocycles. The average molecular weight is 372 g/mol. The van der Waals surface area contributed by atoms with Gasteiger partial charge in [-0.05, 0) is 30.3 Å². The van der Waals surface area contributed by atoms with E-state index in [4.69, 9.17) is 4.42 Å². The fourth-order valence-electron chi connectivity index (χ4n) is 3.27. The average Bonchev–Trinajstić information content (AvgIpc) is 3.16. The molecule has 0 spiro atoms. The summed E-state index contributed by atoms with van der Waals surface area (Å²) in [5.41, 5.74) is 0.114. The van der Waals surface area contributed by atoms with E-state index in [1.54, 1.807) is 36.4 Å². The maximum atomic E-state index is 13.6. The number of rotatable bonds is 3. The van der Waals surface area contributed by atoms with Crippen molar-refractivity contribution in [2.45, 2.75) is 18.9 Å². The van der Waals surface area contributed by atoms with Gasteiger partial charge in [0.2, 0.25) is 0 Å². The smallest absolute Gasteiger partial charge is 0.416 e. The summed E-state index contributed by atoms with van der Waals surface area (Å²) in [6.45, 7) is 0.0457. The predicted molar refractivity (Wildman–Crippen MR) is 92.8 cm³/mol. The van der Waals surface area contributed by atoms with Gasteiger partial charge in [0.05, 0.1) is 23.9 Å². The standard InChI is InChI=1S/C20H15F3N2O2/c21-20(22,23)16-9-3-1-7-14(16)18-24-17-10-4-2-8-15(17)19(26)25(18)12-13-6-5-11-27-13/h1-11,18,24H,12H2/t18-/m0/s1. The first-order valence-electron chi connectivity index (χ1n) is 8.30. The van der Waals surface area contributed by atoms with Crippen LogP contribution in [0.3, 0.4) is 0 Å². The molecule has 1 N–H and O–H groups in total. The third-order valence-corrected chi connectivity index (χ3v) is 4.49. The molecular weight excluding hydrogens is 357 g/mol. The van der Waals surface area contributed by atoms with E-state index in [1.165, 1.54) is 29.4 Å². The minimum absolute atomic E-state index is 0.0144. The molecule has 3 aromatic rings. The Bertz CT molecular complexity index is 967. The van der Waals surface area contributed by atoms with E-state index in [9.17, 15) is 18.0 Å². The summed E-state index contributed by atoms with van der Waals surface area (Å²) in [4.78, 5) is 14.4. The molecule has 1 atom stereocenters. The maximum absolute atomic E-state index is 13.6. The number of fused-ring (bicyclic) bond motifs is 1. The van der Waals surface area contributed by atoms with Gasteiger partial charge in [0.15, 0.2) is 0 Å². The largest absolute Gasteiger partial charge is 0.467 e. The Hall–Kier alpha value is -3.22. The topological polar surface area (TPSA) is 45.5 Å². The number of hydrogen-bond donors (Lipinski definition) is 1. The lowest BCUT2D eigenvalue weighted by molar-refractivity contribution is -0.138. The SMILES string of the molecule is O=C1c2ccccc2N[C@H](c2ccccc2C(F)(F)F)N1Cc1ccco1. The fourth-order valence-corrected chi connectivity index (χ4v) is 3.27. The van der Waals surface area contributed by atoms with Crippen LogP contribution in [0.5, 0.6) is 0 Å². The van der Waals surface area contributed by atoms with Crippen LogP contribution in [0.1, 0.15) is 33.4 Å². The Morgan fingerprint density at radius 3 is 2.48 bits per heavy atom. The van der Waals surface area contributed by atoms with Crippen LogP contribution in [0.4, 0.5) is 18.9 Å². The van der Waals surface area contributed by atoms with Gasteiger partial charge in [0, 0.05) is 11.3 Å². The highest BCUT2D eigenvalue weighted by Gasteiger charge is 2.40. The van der Waals surface area contributed by atoms with Gasteiger partial charge in [-0.3, -0.25) is 4.79 Å². The Kier molecular flexibility index (Phi) is 4.14. The van der Waals surface area contributed by atoms with E-state index in [-0.39, 0.29) is 18.0 Å². The van der Waals surface area contributed by atoms with Gasteiger partial charge in [0.1, 0.15) is 11.9 Å². The molecule has 0 unspecified atom stereocenters. The summed E-state index contributed by atoms with van der Waals surface area (Å²) in [6.07, 6.45) is -4.05. The number of alkyl halides is 3. The summed E-state index contributed by atoms with van der Waals surface area (Å²) >= 11 is 0. The minimum atomic E-state index is -4.53. The number of furan rings is 1. The zero-order valence-corrected chi connectivity index (χ0v) is 14.0. The van der Waals surface area contributed by atoms with Crippen molar-refractivity contribution in [3.8, 4) is 0 Å². The molecule has 4 nitrogen and oxygen atoms in total. The maximum Gasteiger partial charge on any atom is 0.416 e. The second-order valence-corrected chi connectivity index (χ2v) is 6.19. The zero-order valence-electron chi connectivity index (χ0n) is 14.0. The monoisotopic (exact) mass is 372 g/mol. The van der Waals surface area contributed by atoms with Crippen LogP contribution < -0.4 is 5.32 Å². The van der Waals surface area contributed by atoms with Gasteiger partial charge in [0.25, 0.3) is 5.91 Å². The number of anilines is 1. The van der Waals surface area contributed by atoms with E-state index in [2.05, 4.69) is 5.32 Å². The van der Waals surface area contributed by atoms with Gasteiger partial charge in [-0.1, -0.05) is 30.3 Å². The number of amides is 1. The molecule has 0 saturated heterocycles. The molecule has 1 amide bonds. The van der Waals surface area contributed by atoms with Gasteiger partial charge in [-0.2, -0.15) is 13.2 Å². The van der Waals surface area contributed by atoms with Crippen molar-refractivity contribution in [3.63, 3.8) is 0 Å². The predicted octanol–water partition coefficient (Wildman–Crippen LogP) is 5.07. The van der Waals surface area contributed by atoms with Crippen LogP contribution in [0.2, 0.25) is 0 Å². The van der Waals surface area contributed by atoms with Crippen LogP contribution in [-0.2, 0) is 12.7 Å². The lowest BCUT2D eigenvalue weighted by atomic mass is 9.99. The van der Waals surface area contributed by atoms with E-state index in [1.807, 2.05) is 0 Å². The van der Waals surface area contributed by atoms with Crippen molar-refractivity contribution in [1.29, 1.82) is 0 Å². The molecule has 7 heteroatoms. The van der Waals surface area contributed by atoms with Crippen LogP contribution >= 0.6 is 0 Å². The minimum Gasteiger partial charge on any atom is -0.467 e. The van der Waals surface area contributed by atoms with Gasteiger partial charge in [-0.25, -0.2) is 0 Å². The molecule has 0 aliphatic carbocycles. The van der Waals surface area contributed by atoms with Gasteiger partial charge >= 0.3 is 6.18 Å². The van der Waals surface area contributed by atoms with Gasteiger partial charge < -0.3 is 14.6 Å². The lowest BCUT2D eigenvalue weighted by Gasteiger charge is -2.38. The summed E-state index contributed by atoms with van der Waals surface area (Å²) in [6, 6.07) is 15.4. The van der Waals surface area contributed by atoms with Crippen molar-refractivity contribution >= 4 is 11.6 Å². The summed E-state index contributed by atoms with van der Waals surface area (Å²) in [7, 11) is 0. The molecule has 2 aromatic carbocycles. The van der Waals surface area contributed by atoms with Crippen LogP contribution in [0, 0.1) is 0 Å². The van der Waals surface area contributed by atoms with Crippen molar-refractivity contribution in [3.05, 3.63) is 89.4 Å². The van der Waals surface area contributed by atoms with E-state index in [0.29, 0.717) is 17.0 Å². The van der Waals surface area contributed by atoms with Crippen LogP contribution in [0.25, 0.3) is 0 Å². The molecule has 1 aliphatic rings. The second kappa shape index (κ2) is 6.50. The molecule has 2 heterocycles. The summed E-state index contributed by atoms with van der Waals surface area (Å²) in [5, 5.41) is 3.08. The molecule has 0 radical (unpaired) electrons. The number of nitrogens with zero attached hydrogens (tertiary/aromatic N) is 1. The van der Waals surface area contributed by atoms with Gasteiger partial charge in [-0.15, -0.1) is 0 Å². The Morgan fingerprint density at radius 1 is 1.00 bits per heavy atom. The van der Waals surface area contributed by atoms with Crippen molar-refractivity contribution in [1.82, 2.24) is 4.90 Å². The molecule has 1 aliphatic heterocycles. The number of halogens is 3. The Labute approximate surface area is 153 Å². The molecule has 0 fully saturated rings. The van der Waals surface area contributed by atoms with E-state index in [0.717, 1.165) is 6.07 Å². The first-order valence-corrected chi connectivity index (χ1v) is 8.30. The molecule has 27 heavy (non-hydrogen) atoms. The van der Waals surface area contributed by atoms with E-state index < -0.39 is 17.9 Å². The molecule has 4 rings (SSSR count). The lowest BCUT2D eigenvalue weighted by Crippen LogP contribution is -2.43. The number of carbonyl (C=O) groups is 1. The highest BCUT2D eigenvalue weighted by atomic mass is 19.4. The summed E-state index contributed by atoms with van der Waals surface area (Å²) < 4.78 is 46.0. The van der Waals surface area contributed by atoms with Crippen LogP contribution in [-0.4, -0.2) is 10.8 Å². The number of benzene rings is 2. The number of nitrogens with one attached hydrogen (secondary N) is 1. The first kappa shape index (κ1) is 17.2. The first-order chi connectivity index (χ1) is 12.9. The fraction of sp³-hybridized carbons (Fsp3) is 0.150. The quantitative estimate of drug-likeness (QED) is 0.699. The third kappa shape index (κ3) is 3.16. The molecule has 138 valence electrons. The molecule has 0 bridgehead atoms. The highest BCUT2D eigenvalue weighted by Crippen LogP contribution is 2.40. The number of carbonyl (C=O) groups excluding carboxylic acids is 1. The Morgan fingerprint density at radius 2 is 1.74 bits per heavy atom. The van der Waals surface area contributed by atoms with Crippen molar-refractivity contribution < 1.29 is 22.4 Å². The third-order valence-electron chi connectivity index (χ3n) is 4.49. The van der Waals surface area contributed by atoms with E-state index >= 15 is 0 Å². The summed E-state index contributed by atoms with van der Waals surface area (Å²) in [5.74, 6) is 0.127. The zero-order chi connectivity index (χ0) is 19.0. The molecule has 1 aromatic heterocycles. The molecular formula is C20H15F3N2O2. The number of para-hydroxylation sites is 1.